The van der Waals surface area contributed by atoms with Crippen LogP contribution in [0.5, 0.6) is 0 Å². The highest BCUT2D eigenvalue weighted by atomic mass is 19.1. The molecule has 2 nitrogen and oxygen atoms in total. The van der Waals surface area contributed by atoms with Crippen LogP contribution in [0.1, 0.15) is 29.2 Å². The standard InChI is InChI=1S/C15H16FNO/c1-11-8-13(10-14(16)9-11)15(18)3-2-12-4-6-17-7-5-12/h4-10,15,18H,2-3H2,1H3. The summed E-state index contributed by atoms with van der Waals surface area (Å²) in [6, 6.07) is 8.51. The zero-order chi connectivity index (χ0) is 13.0. The highest BCUT2D eigenvalue weighted by Gasteiger charge is 2.09. The predicted octanol–water partition coefficient (Wildman–Crippen LogP) is 3.20. The van der Waals surface area contributed by atoms with Crippen LogP contribution in [-0.2, 0) is 6.42 Å². The number of pyridine rings is 1. The van der Waals surface area contributed by atoms with Crippen molar-refractivity contribution in [1.29, 1.82) is 0 Å². The van der Waals surface area contributed by atoms with Crippen LogP contribution in [0.2, 0.25) is 0 Å². The summed E-state index contributed by atoms with van der Waals surface area (Å²) in [5.41, 5.74) is 2.59. The van der Waals surface area contributed by atoms with Crippen LogP contribution >= 0.6 is 0 Å². The van der Waals surface area contributed by atoms with Crippen molar-refractivity contribution < 1.29 is 9.50 Å². The Morgan fingerprint density at radius 1 is 1.22 bits per heavy atom. The first-order valence-electron chi connectivity index (χ1n) is 5.99. The summed E-state index contributed by atoms with van der Waals surface area (Å²) >= 11 is 0. The lowest BCUT2D eigenvalue weighted by Gasteiger charge is -2.12. The van der Waals surface area contributed by atoms with Crippen molar-refractivity contribution in [3.05, 3.63) is 65.2 Å². The van der Waals surface area contributed by atoms with Gasteiger partial charge in [0.2, 0.25) is 0 Å². The fourth-order valence-corrected chi connectivity index (χ4v) is 1.98. The number of aliphatic hydroxyl groups excluding tert-OH is 1. The molecule has 1 unspecified atom stereocenters. The van der Waals surface area contributed by atoms with E-state index in [-0.39, 0.29) is 5.82 Å². The van der Waals surface area contributed by atoms with Crippen LogP contribution in [0.25, 0.3) is 0 Å². The number of rotatable bonds is 4. The Bertz CT molecular complexity index is 493. The number of nitrogens with zero attached hydrogens (tertiary/aromatic N) is 1. The number of benzene rings is 1. The molecule has 0 spiro atoms. The van der Waals surface area contributed by atoms with Crippen LogP contribution in [0.15, 0.2) is 42.7 Å². The molecule has 0 fully saturated rings. The summed E-state index contributed by atoms with van der Waals surface area (Å²) in [5, 5.41) is 10.0. The molecular formula is C15H16FNO. The van der Waals surface area contributed by atoms with E-state index in [0.29, 0.717) is 12.0 Å². The van der Waals surface area contributed by atoms with Gasteiger partial charge in [-0.15, -0.1) is 0 Å². The summed E-state index contributed by atoms with van der Waals surface area (Å²) in [6.45, 7) is 1.82. The van der Waals surface area contributed by atoms with Crippen LogP contribution in [0, 0.1) is 12.7 Å². The maximum Gasteiger partial charge on any atom is 0.123 e. The average molecular weight is 245 g/mol. The molecule has 0 amide bonds. The molecule has 0 radical (unpaired) electrons. The third kappa shape index (κ3) is 3.37. The molecule has 0 saturated heterocycles. The molecule has 18 heavy (non-hydrogen) atoms. The number of aromatic nitrogens is 1. The van der Waals surface area contributed by atoms with Gasteiger partial charge in [0.05, 0.1) is 6.10 Å². The molecule has 0 saturated carbocycles. The molecule has 0 aliphatic rings. The Kier molecular flexibility index (Phi) is 4.05. The second-order valence-electron chi connectivity index (χ2n) is 4.47. The number of hydrogen-bond donors (Lipinski definition) is 1. The van der Waals surface area contributed by atoms with E-state index in [4.69, 9.17) is 0 Å². The fraction of sp³-hybridized carbons (Fsp3) is 0.267. The Morgan fingerprint density at radius 3 is 2.61 bits per heavy atom. The molecule has 1 atom stereocenters. The van der Waals surface area contributed by atoms with E-state index < -0.39 is 6.10 Å². The summed E-state index contributed by atoms with van der Waals surface area (Å²) in [4.78, 5) is 3.94. The first-order chi connectivity index (χ1) is 8.65. The van der Waals surface area contributed by atoms with Gasteiger partial charge in [-0.25, -0.2) is 4.39 Å². The maximum absolute atomic E-state index is 13.2. The van der Waals surface area contributed by atoms with Crippen molar-refractivity contribution in [2.75, 3.05) is 0 Å². The summed E-state index contributed by atoms with van der Waals surface area (Å²) < 4.78 is 13.2. The van der Waals surface area contributed by atoms with Crippen molar-refractivity contribution in [3.8, 4) is 0 Å². The van der Waals surface area contributed by atoms with Crippen molar-refractivity contribution in [2.45, 2.75) is 25.9 Å². The topological polar surface area (TPSA) is 33.1 Å². The lowest BCUT2D eigenvalue weighted by molar-refractivity contribution is 0.167. The van der Waals surface area contributed by atoms with E-state index in [1.54, 1.807) is 12.4 Å². The van der Waals surface area contributed by atoms with Crippen molar-refractivity contribution in [1.82, 2.24) is 4.98 Å². The van der Waals surface area contributed by atoms with E-state index in [1.165, 1.54) is 12.1 Å². The van der Waals surface area contributed by atoms with Gasteiger partial charge < -0.3 is 5.11 Å². The molecule has 94 valence electrons. The zero-order valence-electron chi connectivity index (χ0n) is 10.3. The predicted molar refractivity (Wildman–Crippen MR) is 68.7 cm³/mol. The van der Waals surface area contributed by atoms with E-state index in [0.717, 1.165) is 17.5 Å². The number of aryl methyl sites for hydroxylation is 2. The Balaban J connectivity index is 2.01. The minimum atomic E-state index is -0.632. The molecular weight excluding hydrogens is 229 g/mol. The van der Waals surface area contributed by atoms with Gasteiger partial charge in [-0.3, -0.25) is 4.98 Å². The highest BCUT2D eigenvalue weighted by molar-refractivity contribution is 5.25. The Hall–Kier alpha value is -1.74. The quantitative estimate of drug-likeness (QED) is 0.897. The van der Waals surface area contributed by atoms with Gasteiger partial charge in [0.25, 0.3) is 0 Å². The molecule has 2 aromatic rings. The number of aliphatic hydroxyl groups is 1. The number of halogens is 1. The second kappa shape index (κ2) is 5.74. The molecule has 0 aliphatic heterocycles. The van der Waals surface area contributed by atoms with Crippen LogP contribution in [0.3, 0.4) is 0 Å². The van der Waals surface area contributed by atoms with Gasteiger partial charge in [-0.05, 0) is 60.7 Å². The SMILES string of the molecule is Cc1cc(F)cc(C(O)CCc2ccncc2)c1. The zero-order valence-corrected chi connectivity index (χ0v) is 10.3. The molecule has 1 N–H and O–H groups in total. The molecule has 1 aromatic heterocycles. The van der Waals surface area contributed by atoms with Crippen LogP contribution in [-0.4, -0.2) is 10.1 Å². The van der Waals surface area contributed by atoms with Gasteiger partial charge >= 0.3 is 0 Å². The fourth-order valence-electron chi connectivity index (χ4n) is 1.98. The normalized spacial score (nSPS) is 12.4. The van der Waals surface area contributed by atoms with Gasteiger partial charge in [0.15, 0.2) is 0 Å². The van der Waals surface area contributed by atoms with Crippen LogP contribution in [0.4, 0.5) is 4.39 Å². The lowest BCUT2D eigenvalue weighted by atomic mass is 10.0. The molecule has 1 heterocycles. The minimum Gasteiger partial charge on any atom is -0.388 e. The van der Waals surface area contributed by atoms with E-state index >= 15 is 0 Å². The Morgan fingerprint density at radius 2 is 1.94 bits per heavy atom. The molecule has 2 rings (SSSR count). The van der Waals surface area contributed by atoms with E-state index in [9.17, 15) is 9.50 Å². The summed E-state index contributed by atoms with van der Waals surface area (Å²) in [6.07, 6.45) is 4.15. The summed E-state index contributed by atoms with van der Waals surface area (Å²) in [5.74, 6) is -0.298. The minimum absolute atomic E-state index is 0.298. The average Bonchev–Trinajstić information content (AvgIpc) is 2.36. The van der Waals surface area contributed by atoms with E-state index in [1.807, 2.05) is 25.1 Å². The first kappa shape index (κ1) is 12.7. The third-order valence-electron chi connectivity index (χ3n) is 2.91. The van der Waals surface area contributed by atoms with Gasteiger partial charge in [0.1, 0.15) is 5.82 Å². The second-order valence-corrected chi connectivity index (χ2v) is 4.47. The van der Waals surface area contributed by atoms with Crippen molar-refractivity contribution >= 4 is 0 Å². The third-order valence-corrected chi connectivity index (χ3v) is 2.91. The lowest BCUT2D eigenvalue weighted by Crippen LogP contribution is -2.01. The molecule has 3 heteroatoms. The van der Waals surface area contributed by atoms with Crippen molar-refractivity contribution in [3.63, 3.8) is 0 Å². The smallest absolute Gasteiger partial charge is 0.123 e. The van der Waals surface area contributed by atoms with Gasteiger partial charge in [-0.1, -0.05) is 6.07 Å². The van der Waals surface area contributed by atoms with Gasteiger partial charge in [-0.2, -0.15) is 0 Å². The highest BCUT2D eigenvalue weighted by Crippen LogP contribution is 2.21. The molecule has 0 aliphatic carbocycles. The number of hydrogen-bond acceptors (Lipinski definition) is 2. The van der Waals surface area contributed by atoms with E-state index in [2.05, 4.69) is 4.98 Å². The summed E-state index contributed by atoms with van der Waals surface area (Å²) in [7, 11) is 0. The van der Waals surface area contributed by atoms with Crippen LogP contribution < -0.4 is 0 Å². The van der Waals surface area contributed by atoms with Gasteiger partial charge in [0, 0.05) is 12.4 Å². The largest absolute Gasteiger partial charge is 0.388 e. The maximum atomic E-state index is 13.2. The monoisotopic (exact) mass is 245 g/mol. The van der Waals surface area contributed by atoms with Crippen molar-refractivity contribution in [2.24, 2.45) is 0 Å². The first-order valence-corrected chi connectivity index (χ1v) is 5.99. The molecule has 1 aromatic carbocycles. The molecule has 0 bridgehead atoms. The Labute approximate surface area is 106 Å².